The average Bonchev–Trinajstić information content (AvgIpc) is 2.29. The largest absolute Gasteiger partial charge is 0.343 e. The van der Waals surface area contributed by atoms with Crippen molar-refractivity contribution in [3.8, 4) is 6.07 Å². The maximum Gasteiger partial charge on any atom is 0.107 e. The van der Waals surface area contributed by atoms with Crippen LogP contribution in [0.3, 0.4) is 0 Å². The Labute approximate surface area is 105 Å². The van der Waals surface area contributed by atoms with E-state index in [4.69, 9.17) is 16.9 Å². The number of amidine groups is 1. The molecule has 0 aliphatic carbocycles. The van der Waals surface area contributed by atoms with E-state index in [2.05, 4.69) is 17.2 Å². The van der Waals surface area contributed by atoms with E-state index < -0.39 is 0 Å². The Bertz CT molecular complexity index is 538. The topological polar surface area (TPSA) is 48.2 Å². The van der Waals surface area contributed by atoms with Gasteiger partial charge in [-0.2, -0.15) is 5.26 Å². The lowest BCUT2D eigenvalue weighted by atomic mass is 10.1. The fourth-order valence-corrected chi connectivity index (χ4v) is 1.92. The summed E-state index contributed by atoms with van der Waals surface area (Å²) in [6.07, 6.45) is 3.35. The van der Waals surface area contributed by atoms with Crippen LogP contribution in [-0.4, -0.2) is 5.84 Å². The molecule has 0 aromatic heterocycles. The molecule has 0 fully saturated rings. The number of hydrogen-bond donors (Lipinski definition) is 1. The van der Waals surface area contributed by atoms with Crippen molar-refractivity contribution < 1.29 is 0 Å². The molecule has 0 saturated heterocycles. The van der Waals surface area contributed by atoms with Gasteiger partial charge in [0.05, 0.1) is 17.5 Å². The highest BCUT2D eigenvalue weighted by atomic mass is 35.5. The Morgan fingerprint density at radius 1 is 1.53 bits per heavy atom. The normalized spacial score (nSPS) is 15.8. The standard InChI is InChI=1S/C13H12ClN3/c1-2-3-13-16-11(6-7-15)10-5-4-9(14)8-12(10)17-13/h4-6,8H,2-3H2,1H3,(H,16,17)/b11-6-. The van der Waals surface area contributed by atoms with E-state index in [1.54, 1.807) is 6.07 Å². The zero-order valence-corrected chi connectivity index (χ0v) is 10.3. The molecule has 4 heteroatoms. The van der Waals surface area contributed by atoms with Crippen LogP contribution in [0.1, 0.15) is 25.3 Å². The van der Waals surface area contributed by atoms with Crippen molar-refractivity contribution in [2.24, 2.45) is 4.99 Å². The lowest BCUT2D eigenvalue weighted by molar-refractivity contribution is 0.956. The van der Waals surface area contributed by atoms with Crippen LogP contribution >= 0.6 is 11.6 Å². The molecular formula is C13H12ClN3. The van der Waals surface area contributed by atoms with Crippen LogP contribution in [0, 0.1) is 11.3 Å². The summed E-state index contributed by atoms with van der Waals surface area (Å²) in [4.78, 5) is 4.50. The molecule has 1 N–H and O–H groups in total. The quantitative estimate of drug-likeness (QED) is 0.809. The second kappa shape index (κ2) is 5.03. The van der Waals surface area contributed by atoms with E-state index in [9.17, 15) is 0 Å². The number of hydrogen-bond acceptors (Lipinski definition) is 3. The predicted molar refractivity (Wildman–Crippen MR) is 70.2 cm³/mol. The molecule has 1 aromatic carbocycles. The Hall–Kier alpha value is -1.79. The fourth-order valence-electron chi connectivity index (χ4n) is 1.75. The van der Waals surface area contributed by atoms with Crippen molar-refractivity contribution in [3.05, 3.63) is 34.9 Å². The molecule has 1 heterocycles. The van der Waals surface area contributed by atoms with Crippen LogP contribution in [0.25, 0.3) is 5.70 Å². The Balaban J connectivity index is 2.51. The Morgan fingerprint density at radius 2 is 2.35 bits per heavy atom. The first kappa shape index (κ1) is 11.7. The highest BCUT2D eigenvalue weighted by Crippen LogP contribution is 2.31. The molecule has 0 unspecified atom stereocenters. The summed E-state index contributed by atoms with van der Waals surface area (Å²) in [6, 6.07) is 7.54. The van der Waals surface area contributed by atoms with Crippen LogP contribution < -0.4 is 5.32 Å². The number of nitriles is 1. The minimum atomic E-state index is 0.654. The fraction of sp³-hybridized carbons (Fsp3) is 0.231. The summed E-state index contributed by atoms with van der Waals surface area (Å²) in [5.41, 5.74) is 2.52. The molecule has 0 radical (unpaired) electrons. The van der Waals surface area contributed by atoms with E-state index in [1.165, 1.54) is 6.08 Å². The molecule has 0 saturated carbocycles. The number of allylic oxidation sites excluding steroid dienone is 1. The average molecular weight is 246 g/mol. The monoisotopic (exact) mass is 245 g/mol. The van der Waals surface area contributed by atoms with Crippen molar-refractivity contribution in [1.29, 1.82) is 5.26 Å². The molecule has 0 bridgehead atoms. The van der Waals surface area contributed by atoms with E-state index in [0.29, 0.717) is 5.02 Å². The number of halogens is 1. The summed E-state index contributed by atoms with van der Waals surface area (Å²) in [5, 5.41) is 12.6. The smallest absolute Gasteiger partial charge is 0.107 e. The molecule has 0 atom stereocenters. The number of nitrogens with zero attached hydrogens (tertiary/aromatic N) is 2. The number of benzene rings is 1. The molecule has 1 aromatic rings. The molecule has 86 valence electrons. The highest BCUT2D eigenvalue weighted by Gasteiger charge is 2.15. The second-order valence-corrected chi connectivity index (χ2v) is 4.22. The van der Waals surface area contributed by atoms with Crippen LogP contribution in [-0.2, 0) is 0 Å². The molecule has 3 nitrogen and oxygen atoms in total. The minimum Gasteiger partial charge on any atom is -0.343 e. The molecular weight excluding hydrogens is 234 g/mol. The maximum absolute atomic E-state index is 8.78. The first-order valence-electron chi connectivity index (χ1n) is 5.49. The van der Waals surface area contributed by atoms with E-state index in [0.717, 1.165) is 35.6 Å². The van der Waals surface area contributed by atoms with Gasteiger partial charge in [-0.15, -0.1) is 0 Å². The van der Waals surface area contributed by atoms with Gasteiger partial charge in [0.15, 0.2) is 0 Å². The maximum atomic E-state index is 8.78. The minimum absolute atomic E-state index is 0.654. The Kier molecular flexibility index (Phi) is 3.46. The van der Waals surface area contributed by atoms with Gasteiger partial charge in [-0.25, -0.2) is 4.99 Å². The van der Waals surface area contributed by atoms with Crippen LogP contribution in [0.2, 0.25) is 5.02 Å². The third-order valence-electron chi connectivity index (χ3n) is 2.48. The van der Waals surface area contributed by atoms with Gasteiger partial charge in [-0.05, 0) is 24.6 Å². The zero-order valence-electron chi connectivity index (χ0n) is 9.50. The van der Waals surface area contributed by atoms with Gasteiger partial charge >= 0.3 is 0 Å². The van der Waals surface area contributed by atoms with Gasteiger partial charge in [-0.1, -0.05) is 18.5 Å². The van der Waals surface area contributed by atoms with Crippen molar-refractivity contribution in [2.75, 3.05) is 0 Å². The van der Waals surface area contributed by atoms with Crippen LogP contribution in [0.5, 0.6) is 0 Å². The van der Waals surface area contributed by atoms with E-state index >= 15 is 0 Å². The summed E-state index contributed by atoms with van der Waals surface area (Å²) >= 11 is 5.95. The van der Waals surface area contributed by atoms with Gasteiger partial charge in [0, 0.05) is 23.1 Å². The van der Waals surface area contributed by atoms with E-state index in [1.807, 2.05) is 18.2 Å². The van der Waals surface area contributed by atoms with Gasteiger partial charge in [0.2, 0.25) is 0 Å². The van der Waals surface area contributed by atoms with Crippen molar-refractivity contribution in [3.63, 3.8) is 0 Å². The van der Waals surface area contributed by atoms with Gasteiger partial charge in [0.25, 0.3) is 0 Å². The molecule has 17 heavy (non-hydrogen) atoms. The van der Waals surface area contributed by atoms with Crippen LogP contribution in [0.4, 0.5) is 5.69 Å². The zero-order chi connectivity index (χ0) is 12.3. The molecule has 0 amide bonds. The number of aliphatic imine (C=N–C) groups is 1. The highest BCUT2D eigenvalue weighted by molar-refractivity contribution is 6.31. The summed E-state index contributed by atoms with van der Waals surface area (Å²) in [7, 11) is 0. The van der Waals surface area contributed by atoms with Crippen molar-refractivity contribution in [2.45, 2.75) is 19.8 Å². The number of fused-ring (bicyclic) bond motifs is 1. The molecule has 0 spiro atoms. The van der Waals surface area contributed by atoms with Crippen LogP contribution in [0.15, 0.2) is 29.3 Å². The lowest BCUT2D eigenvalue weighted by Crippen LogP contribution is -2.24. The SMILES string of the molecule is CCCC1=Nc2cc(Cl)ccc2/C(=C/C#N)N1. The third kappa shape index (κ3) is 2.48. The molecule has 2 rings (SSSR count). The van der Waals surface area contributed by atoms with Crippen molar-refractivity contribution >= 4 is 28.8 Å². The van der Waals surface area contributed by atoms with E-state index in [-0.39, 0.29) is 0 Å². The summed E-state index contributed by atoms with van der Waals surface area (Å²) in [5.74, 6) is 0.878. The summed E-state index contributed by atoms with van der Waals surface area (Å²) in [6.45, 7) is 2.09. The number of nitrogens with one attached hydrogen (secondary N) is 1. The first-order chi connectivity index (χ1) is 8.24. The lowest BCUT2D eigenvalue weighted by Gasteiger charge is -2.20. The molecule has 1 aliphatic heterocycles. The second-order valence-electron chi connectivity index (χ2n) is 3.78. The predicted octanol–water partition coefficient (Wildman–Crippen LogP) is 3.64. The first-order valence-corrected chi connectivity index (χ1v) is 5.86. The number of rotatable bonds is 2. The summed E-state index contributed by atoms with van der Waals surface area (Å²) < 4.78 is 0. The van der Waals surface area contributed by atoms with Crippen molar-refractivity contribution in [1.82, 2.24) is 5.32 Å². The van der Waals surface area contributed by atoms with Gasteiger partial charge in [0.1, 0.15) is 5.84 Å². The third-order valence-corrected chi connectivity index (χ3v) is 2.72. The Morgan fingerprint density at radius 3 is 3.06 bits per heavy atom. The van der Waals surface area contributed by atoms with Gasteiger partial charge < -0.3 is 5.32 Å². The van der Waals surface area contributed by atoms with Gasteiger partial charge in [-0.3, -0.25) is 0 Å². The molecule has 1 aliphatic rings.